The maximum atomic E-state index is 11.6. The lowest BCUT2D eigenvalue weighted by Crippen LogP contribution is -2.56. The largest absolute Gasteiger partial charge is 0.314 e. The number of hydrogen-bond acceptors (Lipinski definition) is 3. The van der Waals surface area contributed by atoms with E-state index in [9.17, 15) is 4.79 Å². The highest BCUT2D eigenvalue weighted by Gasteiger charge is 2.36. The van der Waals surface area contributed by atoms with Crippen LogP contribution in [0.2, 0.25) is 0 Å². The van der Waals surface area contributed by atoms with Crippen LogP contribution in [0.5, 0.6) is 0 Å². The zero-order valence-corrected chi connectivity index (χ0v) is 11.0. The summed E-state index contributed by atoms with van der Waals surface area (Å²) in [5.41, 5.74) is 0. The average molecular weight is 238 g/mol. The molecule has 17 heavy (non-hydrogen) atoms. The molecule has 3 atom stereocenters. The van der Waals surface area contributed by atoms with E-state index in [1.54, 1.807) is 0 Å². The van der Waals surface area contributed by atoms with E-state index in [0.29, 0.717) is 23.8 Å². The van der Waals surface area contributed by atoms with E-state index in [-0.39, 0.29) is 0 Å². The number of hydrogen-bond donors (Lipinski definition) is 2. The molecule has 0 bridgehead atoms. The van der Waals surface area contributed by atoms with E-state index in [2.05, 4.69) is 17.6 Å². The first-order valence-electron chi connectivity index (χ1n) is 7.29. The van der Waals surface area contributed by atoms with E-state index in [4.69, 9.17) is 0 Å². The third-order valence-corrected chi connectivity index (χ3v) is 4.28. The number of carbonyl (C=O) groups excluding carboxylic acids is 1. The highest BCUT2D eigenvalue weighted by Crippen LogP contribution is 2.29. The van der Waals surface area contributed by atoms with Crippen LogP contribution >= 0.6 is 0 Å². The number of ketones is 1. The van der Waals surface area contributed by atoms with Crippen LogP contribution < -0.4 is 10.6 Å². The molecule has 98 valence electrons. The topological polar surface area (TPSA) is 41.1 Å². The number of carbonyl (C=O) groups is 1. The van der Waals surface area contributed by atoms with Gasteiger partial charge in [-0.15, -0.1) is 0 Å². The molecule has 1 heterocycles. The Kier molecular flexibility index (Phi) is 4.99. The summed E-state index contributed by atoms with van der Waals surface area (Å²) in [6.45, 7) is 4.47. The Hall–Kier alpha value is -0.410. The first-order chi connectivity index (χ1) is 8.31. The summed E-state index contributed by atoms with van der Waals surface area (Å²) in [4.78, 5) is 11.6. The van der Waals surface area contributed by atoms with Gasteiger partial charge in [-0.05, 0) is 38.3 Å². The van der Waals surface area contributed by atoms with Crippen molar-refractivity contribution in [1.29, 1.82) is 0 Å². The third-order valence-electron chi connectivity index (χ3n) is 4.28. The fourth-order valence-corrected chi connectivity index (χ4v) is 3.27. The second kappa shape index (κ2) is 6.50. The number of Topliss-reactive ketones (excluding diaryl/α,β-unsaturated/α-hetero) is 1. The van der Waals surface area contributed by atoms with Gasteiger partial charge < -0.3 is 10.6 Å². The van der Waals surface area contributed by atoms with Gasteiger partial charge in [-0.3, -0.25) is 4.79 Å². The standard InChI is InChI=1S/C14H26N2O/c1-2-3-4-8-15-14-7-9-16-13-6-5-11(17)10-12(13)14/h12-16H,2-10H2,1H3. The van der Waals surface area contributed by atoms with Gasteiger partial charge in [-0.25, -0.2) is 0 Å². The van der Waals surface area contributed by atoms with E-state index in [1.165, 1.54) is 25.7 Å². The Morgan fingerprint density at radius 3 is 3.06 bits per heavy atom. The van der Waals surface area contributed by atoms with Crippen LogP contribution in [0.4, 0.5) is 0 Å². The van der Waals surface area contributed by atoms with Crippen molar-refractivity contribution in [1.82, 2.24) is 10.6 Å². The zero-order chi connectivity index (χ0) is 12.1. The predicted molar refractivity (Wildman–Crippen MR) is 70.1 cm³/mol. The number of unbranched alkanes of at least 4 members (excludes halogenated alkanes) is 2. The predicted octanol–water partition coefficient (Wildman–Crippen LogP) is 1.87. The smallest absolute Gasteiger partial charge is 0.133 e. The first-order valence-corrected chi connectivity index (χ1v) is 7.29. The number of piperidine rings is 1. The van der Waals surface area contributed by atoms with Crippen molar-refractivity contribution < 1.29 is 4.79 Å². The summed E-state index contributed by atoms with van der Waals surface area (Å²) in [7, 11) is 0. The molecule has 2 fully saturated rings. The molecule has 0 aromatic carbocycles. The summed E-state index contributed by atoms with van der Waals surface area (Å²) in [6, 6.07) is 1.16. The Morgan fingerprint density at radius 1 is 1.35 bits per heavy atom. The summed E-state index contributed by atoms with van der Waals surface area (Å²) < 4.78 is 0. The van der Waals surface area contributed by atoms with Crippen LogP contribution in [0.25, 0.3) is 0 Å². The van der Waals surface area contributed by atoms with E-state index in [0.717, 1.165) is 32.4 Å². The van der Waals surface area contributed by atoms with Crippen LogP contribution in [0.3, 0.4) is 0 Å². The fraction of sp³-hybridized carbons (Fsp3) is 0.929. The van der Waals surface area contributed by atoms with Crippen LogP contribution in [-0.4, -0.2) is 31.0 Å². The van der Waals surface area contributed by atoms with Crippen LogP contribution in [0.1, 0.15) is 51.9 Å². The molecule has 3 unspecified atom stereocenters. The van der Waals surface area contributed by atoms with Gasteiger partial charge in [0.15, 0.2) is 0 Å². The highest BCUT2D eigenvalue weighted by atomic mass is 16.1. The monoisotopic (exact) mass is 238 g/mol. The fourth-order valence-electron chi connectivity index (χ4n) is 3.27. The molecule has 0 amide bonds. The van der Waals surface area contributed by atoms with Gasteiger partial charge in [-0.1, -0.05) is 19.8 Å². The first kappa shape index (κ1) is 13.0. The van der Waals surface area contributed by atoms with Gasteiger partial charge in [0, 0.05) is 24.9 Å². The Labute approximate surface area is 105 Å². The van der Waals surface area contributed by atoms with Crippen molar-refractivity contribution in [2.75, 3.05) is 13.1 Å². The lowest BCUT2D eigenvalue weighted by Gasteiger charge is -2.41. The summed E-state index contributed by atoms with van der Waals surface area (Å²) in [6.07, 6.45) is 7.67. The molecule has 2 N–H and O–H groups in total. The maximum Gasteiger partial charge on any atom is 0.133 e. The normalized spacial score (nSPS) is 33.5. The van der Waals surface area contributed by atoms with Gasteiger partial charge in [0.25, 0.3) is 0 Å². The van der Waals surface area contributed by atoms with Gasteiger partial charge in [0.2, 0.25) is 0 Å². The molecule has 0 aromatic rings. The van der Waals surface area contributed by atoms with Crippen molar-refractivity contribution in [3.05, 3.63) is 0 Å². The molecule has 0 radical (unpaired) electrons. The molecule has 0 spiro atoms. The molecule has 3 nitrogen and oxygen atoms in total. The number of nitrogens with one attached hydrogen (secondary N) is 2. The molecule has 0 aromatic heterocycles. The summed E-state index contributed by atoms with van der Waals surface area (Å²) in [5, 5.41) is 7.26. The molecular formula is C14H26N2O. The summed E-state index contributed by atoms with van der Waals surface area (Å²) >= 11 is 0. The lowest BCUT2D eigenvalue weighted by molar-refractivity contribution is -0.122. The van der Waals surface area contributed by atoms with Gasteiger partial charge in [0.05, 0.1) is 0 Å². The Bertz CT molecular complexity index is 255. The minimum absolute atomic E-state index is 0.468. The quantitative estimate of drug-likeness (QED) is 0.718. The van der Waals surface area contributed by atoms with E-state index in [1.807, 2.05) is 0 Å². The molecule has 2 aliphatic rings. The third kappa shape index (κ3) is 3.52. The number of rotatable bonds is 5. The second-order valence-corrected chi connectivity index (χ2v) is 5.56. The number of fused-ring (bicyclic) bond motifs is 1. The van der Waals surface area contributed by atoms with E-state index >= 15 is 0 Å². The summed E-state index contributed by atoms with van der Waals surface area (Å²) in [5.74, 6) is 1.02. The van der Waals surface area contributed by atoms with Gasteiger partial charge in [0.1, 0.15) is 5.78 Å². The van der Waals surface area contributed by atoms with Crippen molar-refractivity contribution in [2.24, 2.45) is 5.92 Å². The molecule has 1 aliphatic heterocycles. The van der Waals surface area contributed by atoms with Crippen molar-refractivity contribution >= 4 is 5.78 Å². The van der Waals surface area contributed by atoms with Crippen LogP contribution in [0, 0.1) is 5.92 Å². The Morgan fingerprint density at radius 2 is 2.24 bits per heavy atom. The van der Waals surface area contributed by atoms with Gasteiger partial charge in [-0.2, -0.15) is 0 Å². The SMILES string of the molecule is CCCCCNC1CCNC2CCC(=O)CC12. The lowest BCUT2D eigenvalue weighted by atomic mass is 9.76. The van der Waals surface area contributed by atoms with Gasteiger partial charge >= 0.3 is 0 Å². The molecule has 1 aliphatic carbocycles. The highest BCUT2D eigenvalue weighted by molar-refractivity contribution is 5.79. The van der Waals surface area contributed by atoms with Crippen LogP contribution in [-0.2, 0) is 4.79 Å². The van der Waals surface area contributed by atoms with Crippen molar-refractivity contribution in [3.63, 3.8) is 0 Å². The minimum atomic E-state index is 0.468. The zero-order valence-electron chi connectivity index (χ0n) is 11.0. The average Bonchev–Trinajstić information content (AvgIpc) is 2.35. The van der Waals surface area contributed by atoms with Crippen molar-refractivity contribution in [3.8, 4) is 0 Å². The molecule has 3 heteroatoms. The molecule has 1 saturated heterocycles. The maximum absolute atomic E-state index is 11.6. The second-order valence-electron chi connectivity index (χ2n) is 5.56. The molecular weight excluding hydrogens is 212 g/mol. The molecule has 2 rings (SSSR count). The minimum Gasteiger partial charge on any atom is -0.314 e. The van der Waals surface area contributed by atoms with Crippen LogP contribution in [0.15, 0.2) is 0 Å². The van der Waals surface area contributed by atoms with E-state index < -0.39 is 0 Å². The molecule has 1 saturated carbocycles. The Balaban J connectivity index is 1.80. The van der Waals surface area contributed by atoms with Crippen molar-refractivity contribution in [2.45, 2.75) is 64.0 Å².